The number of hydrogen-bond acceptors (Lipinski definition) is 15. The molecule has 10 unspecified atom stereocenters. The van der Waals surface area contributed by atoms with Gasteiger partial charge in [0, 0.05) is 18.4 Å². The van der Waals surface area contributed by atoms with E-state index in [1.165, 1.54) is 14.2 Å². The third kappa shape index (κ3) is 6.82. The first-order valence-electron chi connectivity index (χ1n) is 17.4. The van der Waals surface area contributed by atoms with Gasteiger partial charge < -0.3 is 57.2 Å². The number of nitrogens with zero attached hydrogens (tertiary/aromatic N) is 1. The van der Waals surface area contributed by atoms with E-state index in [1.807, 2.05) is 19.1 Å². The van der Waals surface area contributed by atoms with Crippen LogP contribution in [0.25, 0.3) is 0 Å². The first-order chi connectivity index (χ1) is 25.1. The number of aliphatic hydroxyl groups is 1. The summed E-state index contributed by atoms with van der Waals surface area (Å²) in [4.78, 5) is 28.3. The van der Waals surface area contributed by atoms with Crippen LogP contribution in [0.4, 0.5) is 0 Å². The molecule has 5 aliphatic rings. The second-order valence-corrected chi connectivity index (χ2v) is 15.1. The highest BCUT2D eigenvalue weighted by Gasteiger charge is 2.59. The Hall–Kier alpha value is -3.27. The van der Waals surface area contributed by atoms with E-state index in [-0.39, 0.29) is 59.0 Å². The number of ether oxygens (including phenoxy) is 11. The fourth-order valence-electron chi connectivity index (χ4n) is 7.73. The van der Waals surface area contributed by atoms with E-state index in [0.29, 0.717) is 30.0 Å². The molecule has 2 aromatic carbocycles. The van der Waals surface area contributed by atoms with E-state index in [2.05, 4.69) is 0 Å². The van der Waals surface area contributed by atoms with Crippen LogP contribution in [0.15, 0.2) is 24.3 Å². The number of methoxy groups -OCH3 is 2. The van der Waals surface area contributed by atoms with Crippen LogP contribution in [0.5, 0.6) is 28.7 Å². The summed E-state index contributed by atoms with van der Waals surface area (Å²) < 4.78 is 65.7. The molecule has 4 heterocycles. The van der Waals surface area contributed by atoms with Gasteiger partial charge in [-0.1, -0.05) is 8.58 Å². The number of rotatable bonds is 12. The smallest absolute Gasteiger partial charge is 0.325 e. The highest BCUT2D eigenvalue weighted by molar-refractivity contribution is 7.39. The number of benzene rings is 2. The molecule has 16 heteroatoms. The Bertz CT molecular complexity index is 1630. The van der Waals surface area contributed by atoms with Gasteiger partial charge in [-0.15, -0.1) is 0 Å². The van der Waals surface area contributed by atoms with Gasteiger partial charge in [-0.3, -0.25) is 14.5 Å². The molecule has 0 aromatic heterocycles. The average molecular weight is 748 g/mol. The van der Waals surface area contributed by atoms with E-state index in [4.69, 9.17) is 52.1 Å². The topological polar surface area (TPSA) is 159 Å². The van der Waals surface area contributed by atoms with Crippen molar-refractivity contribution in [2.24, 2.45) is 11.8 Å². The Morgan fingerprint density at radius 3 is 2.40 bits per heavy atom. The lowest BCUT2D eigenvalue weighted by atomic mass is 9.66. The number of carbonyl (C=O) groups is 2. The standard InChI is InChI=1S/C36H46NO14P/c1-7-43-17-52-36(15-46-27-14-44-18(2)49-33(27)34(36)39)51-31-21-11-24-23(47-16-48-24)10-20(21)29(30-22(31)13-45-35(30)40)19-8-25(41-5)32(26(9-19)42-6)50-28(38)12-37(3)4/h8-11,18,22,27,29-31,33-34,39,52H,7,12-17H2,1-6H3. The Balaban J connectivity index is 1.33. The van der Waals surface area contributed by atoms with E-state index < -0.39 is 65.7 Å². The summed E-state index contributed by atoms with van der Waals surface area (Å²) in [5.41, 5.74) is 2.14. The summed E-state index contributed by atoms with van der Waals surface area (Å²) in [5, 5.41) is 10.8. The Labute approximate surface area is 303 Å². The first kappa shape index (κ1) is 37.1. The number of esters is 2. The van der Waals surface area contributed by atoms with Crippen LogP contribution in [0.3, 0.4) is 0 Å². The Kier molecular flexibility index (Phi) is 10.9. The van der Waals surface area contributed by atoms with Crippen molar-refractivity contribution >= 4 is 20.5 Å². The molecule has 3 fully saturated rings. The van der Waals surface area contributed by atoms with Crippen molar-refractivity contribution < 1.29 is 66.8 Å². The quantitative estimate of drug-likeness (QED) is 0.146. The van der Waals surface area contributed by atoms with Crippen molar-refractivity contribution in [2.45, 2.75) is 55.8 Å². The van der Waals surface area contributed by atoms with Crippen LogP contribution in [-0.2, 0) is 38.0 Å². The molecule has 284 valence electrons. The van der Waals surface area contributed by atoms with Gasteiger partial charge >= 0.3 is 11.9 Å². The minimum atomic E-state index is -1.25. The van der Waals surface area contributed by atoms with Crippen molar-refractivity contribution in [3.8, 4) is 28.7 Å². The first-order valence-corrected chi connectivity index (χ1v) is 18.6. The molecule has 3 saturated heterocycles. The summed E-state index contributed by atoms with van der Waals surface area (Å²) in [6.07, 6.45) is -3.24. The fraction of sp³-hybridized carbons (Fsp3) is 0.611. The van der Waals surface area contributed by atoms with Crippen molar-refractivity contribution in [1.82, 2.24) is 4.90 Å². The maximum absolute atomic E-state index is 13.9. The molecule has 2 aromatic rings. The predicted molar refractivity (Wildman–Crippen MR) is 183 cm³/mol. The third-order valence-electron chi connectivity index (χ3n) is 10.1. The van der Waals surface area contributed by atoms with Gasteiger partial charge in [0.15, 0.2) is 29.3 Å². The summed E-state index contributed by atoms with van der Waals surface area (Å²) in [7, 11) is 6.43. The van der Waals surface area contributed by atoms with Crippen LogP contribution in [-0.4, -0.2) is 126 Å². The van der Waals surface area contributed by atoms with Gasteiger partial charge in [-0.05, 0) is 68.9 Å². The zero-order valence-corrected chi connectivity index (χ0v) is 31.1. The highest BCUT2D eigenvalue weighted by Crippen LogP contribution is 2.59. The molecule has 4 aliphatic heterocycles. The Morgan fingerprint density at radius 2 is 1.73 bits per heavy atom. The molecule has 0 amide bonds. The van der Waals surface area contributed by atoms with Crippen molar-refractivity contribution in [3.05, 3.63) is 41.0 Å². The van der Waals surface area contributed by atoms with Gasteiger partial charge in [-0.25, -0.2) is 0 Å². The number of carbonyl (C=O) groups excluding carboxylic acids is 2. The largest absolute Gasteiger partial charge is 0.493 e. The predicted octanol–water partition coefficient (Wildman–Crippen LogP) is 2.78. The molecule has 0 spiro atoms. The van der Waals surface area contributed by atoms with Gasteiger partial charge in [0.1, 0.15) is 23.7 Å². The highest BCUT2D eigenvalue weighted by atomic mass is 31.1. The molecular weight excluding hydrogens is 701 g/mol. The van der Waals surface area contributed by atoms with Crippen LogP contribution in [0.2, 0.25) is 0 Å². The van der Waals surface area contributed by atoms with E-state index in [1.54, 1.807) is 38.1 Å². The van der Waals surface area contributed by atoms with Crippen molar-refractivity contribution in [2.75, 3.05) is 74.4 Å². The number of likely N-dealkylation sites (N-methyl/N-ethyl adjacent to an activating group) is 1. The molecule has 0 bridgehead atoms. The Morgan fingerprint density at radius 1 is 1.02 bits per heavy atom. The zero-order chi connectivity index (χ0) is 36.7. The van der Waals surface area contributed by atoms with Crippen LogP contribution >= 0.6 is 8.58 Å². The fourth-order valence-corrected chi connectivity index (χ4v) is 9.05. The molecule has 52 heavy (non-hydrogen) atoms. The molecule has 10 atom stereocenters. The minimum Gasteiger partial charge on any atom is -0.493 e. The van der Waals surface area contributed by atoms with Crippen LogP contribution in [0, 0.1) is 11.8 Å². The summed E-state index contributed by atoms with van der Waals surface area (Å²) in [6, 6.07) is 7.24. The second-order valence-electron chi connectivity index (χ2n) is 13.6. The third-order valence-corrected chi connectivity index (χ3v) is 11.7. The summed E-state index contributed by atoms with van der Waals surface area (Å²) >= 11 is 0. The maximum atomic E-state index is 13.9. The van der Waals surface area contributed by atoms with Gasteiger partial charge in [0.2, 0.25) is 12.5 Å². The second kappa shape index (κ2) is 15.2. The molecule has 1 aliphatic carbocycles. The lowest BCUT2D eigenvalue weighted by molar-refractivity contribution is -0.321. The van der Waals surface area contributed by atoms with Crippen molar-refractivity contribution in [3.63, 3.8) is 0 Å². The van der Waals surface area contributed by atoms with E-state index in [0.717, 1.165) is 11.1 Å². The molecule has 15 nitrogen and oxygen atoms in total. The van der Waals surface area contributed by atoms with Gasteiger partial charge in [0.05, 0.1) is 59.0 Å². The van der Waals surface area contributed by atoms with E-state index in [9.17, 15) is 14.7 Å². The molecule has 1 N–H and O–H groups in total. The maximum Gasteiger partial charge on any atom is 0.325 e. The number of cyclic esters (lactones) is 1. The zero-order valence-electron chi connectivity index (χ0n) is 30.1. The van der Waals surface area contributed by atoms with Gasteiger partial charge in [0.25, 0.3) is 0 Å². The van der Waals surface area contributed by atoms with Gasteiger partial charge in [-0.2, -0.15) is 0 Å². The lowest BCUT2D eigenvalue weighted by Crippen LogP contribution is -2.65. The number of aliphatic hydroxyl groups excluding tert-OH is 1. The van der Waals surface area contributed by atoms with E-state index >= 15 is 0 Å². The summed E-state index contributed by atoms with van der Waals surface area (Å²) in [6.45, 7) is 4.64. The monoisotopic (exact) mass is 747 g/mol. The minimum absolute atomic E-state index is 0.0326. The van der Waals surface area contributed by atoms with Crippen LogP contribution < -0.4 is 23.7 Å². The normalized spacial score (nSPS) is 32.0. The number of fused-ring (bicyclic) bond motifs is 4. The molecule has 0 radical (unpaired) electrons. The number of hydrogen-bond donors (Lipinski definition) is 1. The average Bonchev–Trinajstić information content (AvgIpc) is 3.75. The molecular formula is C36H46NO14P. The SMILES string of the molecule is CCOCPC1(OC2c3cc4c(cc3C(c3cc(OC)c(OC(=O)CN(C)C)c(OC)c3)C3C(=O)OCC23)OCO4)COC2COC(C)OC2C1O. The van der Waals surface area contributed by atoms with Crippen molar-refractivity contribution in [1.29, 1.82) is 0 Å². The van der Waals surface area contributed by atoms with Crippen LogP contribution in [0.1, 0.15) is 42.6 Å². The summed E-state index contributed by atoms with van der Waals surface area (Å²) in [5.74, 6) is -1.03. The molecule has 7 rings (SSSR count). The molecule has 0 saturated carbocycles. The lowest BCUT2D eigenvalue weighted by Gasteiger charge is -2.52.